The third-order valence-electron chi connectivity index (χ3n) is 6.86. The molecule has 0 saturated carbocycles. The number of hydrogen-bond acceptors (Lipinski definition) is 5. The number of carbonyl (C=O) groups excluding carboxylic acids is 1. The van der Waals surface area contributed by atoms with E-state index in [1.165, 1.54) is 11.3 Å². The summed E-state index contributed by atoms with van der Waals surface area (Å²) in [5.74, 6) is 0.0906. The Morgan fingerprint density at radius 1 is 1.20 bits per heavy atom. The number of benzene rings is 1. The van der Waals surface area contributed by atoms with Crippen molar-refractivity contribution < 1.29 is 9.53 Å². The number of fused-ring (bicyclic) bond motifs is 3. The Morgan fingerprint density at radius 2 is 1.97 bits per heavy atom. The van der Waals surface area contributed by atoms with Gasteiger partial charge in [0, 0.05) is 47.3 Å². The van der Waals surface area contributed by atoms with Crippen LogP contribution < -0.4 is 4.90 Å². The van der Waals surface area contributed by atoms with E-state index in [9.17, 15) is 10.1 Å². The van der Waals surface area contributed by atoms with Crippen LogP contribution in [0.2, 0.25) is 0 Å². The summed E-state index contributed by atoms with van der Waals surface area (Å²) in [6.45, 7) is 9.78. The van der Waals surface area contributed by atoms with Gasteiger partial charge in [0.05, 0.1) is 18.9 Å². The fourth-order valence-corrected chi connectivity index (χ4v) is 5.15. The Morgan fingerprint density at radius 3 is 2.67 bits per heavy atom. The van der Waals surface area contributed by atoms with Crippen LogP contribution in [0.1, 0.15) is 59.2 Å². The van der Waals surface area contributed by atoms with Crippen molar-refractivity contribution in [1.82, 2.24) is 4.98 Å². The van der Waals surface area contributed by atoms with E-state index < -0.39 is 0 Å². The first-order valence-corrected chi connectivity index (χ1v) is 10.6. The molecule has 5 heteroatoms. The first-order chi connectivity index (χ1) is 14.5. The highest BCUT2D eigenvalue weighted by Crippen LogP contribution is 2.50. The lowest BCUT2D eigenvalue weighted by atomic mass is 9.68. The molecule has 30 heavy (non-hydrogen) atoms. The summed E-state index contributed by atoms with van der Waals surface area (Å²) in [7, 11) is 0. The molecule has 1 aromatic heterocycles. The van der Waals surface area contributed by atoms with Gasteiger partial charge in [0.2, 0.25) is 0 Å². The lowest BCUT2D eigenvalue weighted by molar-refractivity contribution is 0.105. The molecule has 0 atom stereocenters. The molecule has 1 saturated heterocycles. The van der Waals surface area contributed by atoms with Gasteiger partial charge in [0.1, 0.15) is 11.8 Å². The molecule has 0 bridgehead atoms. The van der Waals surface area contributed by atoms with Gasteiger partial charge in [-0.25, -0.2) is 4.98 Å². The first-order valence-electron chi connectivity index (χ1n) is 10.6. The molecule has 0 N–H and O–H groups in total. The molecule has 0 unspecified atom stereocenters. The van der Waals surface area contributed by atoms with E-state index in [1.807, 2.05) is 6.07 Å². The molecule has 1 aliphatic heterocycles. The third kappa shape index (κ3) is 2.64. The molecule has 0 amide bonds. The molecule has 2 aliphatic carbocycles. The van der Waals surface area contributed by atoms with Crippen LogP contribution in [-0.4, -0.2) is 37.1 Å². The van der Waals surface area contributed by atoms with Crippen molar-refractivity contribution >= 4 is 17.0 Å². The molecule has 0 radical (unpaired) electrons. The van der Waals surface area contributed by atoms with Crippen molar-refractivity contribution in [3.05, 3.63) is 63.5 Å². The second-order valence-corrected chi connectivity index (χ2v) is 8.77. The van der Waals surface area contributed by atoms with E-state index in [-0.39, 0.29) is 11.2 Å². The summed E-state index contributed by atoms with van der Waals surface area (Å²) >= 11 is 0. The number of hydrogen-bond donors (Lipinski definition) is 0. The van der Waals surface area contributed by atoms with Crippen LogP contribution in [0, 0.1) is 11.3 Å². The zero-order valence-corrected chi connectivity index (χ0v) is 17.7. The van der Waals surface area contributed by atoms with Crippen molar-refractivity contribution in [1.29, 1.82) is 5.26 Å². The SMILES string of the molecule is CCc1cc2c(cc1N1CCOCC1)C(C)(C)C1=C(C2=O)c2ccc(C#N)nc2C1. The summed E-state index contributed by atoms with van der Waals surface area (Å²) < 4.78 is 5.54. The number of nitrogens with zero attached hydrogens (tertiary/aromatic N) is 3. The maximum atomic E-state index is 13.7. The van der Waals surface area contributed by atoms with Crippen molar-refractivity contribution in [2.75, 3.05) is 31.2 Å². The Balaban J connectivity index is 1.66. The van der Waals surface area contributed by atoms with E-state index in [4.69, 9.17) is 4.74 Å². The summed E-state index contributed by atoms with van der Waals surface area (Å²) in [6, 6.07) is 10.1. The average Bonchev–Trinajstić information content (AvgIpc) is 3.17. The van der Waals surface area contributed by atoms with Crippen molar-refractivity contribution in [3.8, 4) is 6.07 Å². The van der Waals surface area contributed by atoms with Gasteiger partial charge in [0.25, 0.3) is 0 Å². The first kappa shape index (κ1) is 19.0. The lowest BCUT2D eigenvalue weighted by Crippen LogP contribution is -2.37. The Bertz CT molecular complexity index is 1150. The predicted octanol–water partition coefficient (Wildman–Crippen LogP) is 3.84. The smallest absolute Gasteiger partial charge is 0.194 e. The van der Waals surface area contributed by atoms with Gasteiger partial charge in [0.15, 0.2) is 5.78 Å². The number of ketones is 1. The monoisotopic (exact) mass is 399 g/mol. The van der Waals surface area contributed by atoms with Crippen LogP contribution in [0.4, 0.5) is 5.69 Å². The largest absolute Gasteiger partial charge is 0.378 e. The molecule has 2 aromatic rings. The number of ether oxygens (including phenoxy) is 1. The summed E-state index contributed by atoms with van der Waals surface area (Å²) in [5, 5.41) is 9.23. The molecule has 1 fully saturated rings. The number of nitriles is 1. The van der Waals surface area contributed by atoms with Crippen molar-refractivity contribution in [2.45, 2.75) is 39.0 Å². The van der Waals surface area contributed by atoms with Crippen LogP contribution in [-0.2, 0) is 23.0 Å². The molecular weight excluding hydrogens is 374 g/mol. The normalized spacial score (nSPS) is 19.3. The molecule has 152 valence electrons. The molecule has 0 spiro atoms. The fourth-order valence-electron chi connectivity index (χ4n) is 5.15. The Hall–Kier alpha value is -2.97. The molecule has 5 rings (SSSR count). The number of Topliss-reactive ketones (excluding diaryl/α,β-unsaturated/α-hetero) is 1. The highest BCUT2D eigenvalue weighted by Gasteiger charge is 2.44. The number of rotatable bonds is 2. The number of morpholine rings is 1. The van der Waals surface area contributed by atoms with Crippen molar-refractivity contribution in [3.63, 3.8) is 0 Å². The van der Waals surface area contributed by atoms with E-state index in [2.05, 4.69) is 48.9 Å². The van der Waals surface area contributed by atoms with Gasteiger partial charge in [-0.1, -0.05) is 20.8 Å². The molecule has 3 aliphatic rings. The minimum absolute atomic E-state index is 0.0906. The van der Waals surface area contributed by atoms with Gasteiger partial charge in [-0.2, -0.15) is 5.26 Å². The minimum atomic E-state index is -0.278. The van der Waals surface area contributed by atoms with E-state index in [0.29, 0.717) is 12.1 Å². The summed E-state index contributed by atoms with van der Waals surface area (Å²) in [4.78, 5) is 20.6. The maximum absolute atomic E-state index is 13.7. The standard InChI is InChI=1S/C25H25N3O2/c1-4-15-11-18-19(13-22(15)28-7-9-30-10-8-28)25(2,3)20-12-21-17(23(20)24(18)29)6-5-16(14-26)27-21/h5-6,11,13H,4,7-10,12H2,1-3H3. The number of pyridine rings is 1. The second kappa shape index (κ2) is 6.78. The molecule has 5 nitrogen and oxygen atoms in total. The van der Waals surface area contributed by atoms with Crippen LogP contribution in [0.3, 0.4) is 0 Å². The average molecular weight is 399 g/mol. The van der Waals surface area contributed by atoms with Gasteiger partial charge >= 0.3 is 0 Å². The highest BCUT2D eigenvalue weighted by molar-refractivity contribution is 6.33. The van der Waals surface area contributed by atoms with E-state index in [0.717, 1.165) is 66.3 Å². The van der Waals surface area contributed by atoms with Crippen LogP contribution in [0.5, 0.6) is 0 Å². The molecular formula is C25H25N3O2. The third-order valence-corrected chi connectivity index (χ3v) is 6.86. The zero-order chi connectivity index (χ0) is 21.0. The predicted molar refractivity (Wildman–Crippen MR) is 116 cm³/mol. The Kier molecular flexibility index (Phi) is 4.30. The Labute approximate surface area is 177 Å². The lowest BCUT2D eigenvalue weighted by Gasteiger charge is -2.37. The van der Waals surface area contributed by atoms with Gasteiger partial charge in [-0.3, -0.25) is 4.79 Å². The van der Waals surface area contributed by atoms with E-state index >= 15 is 0 Å². The minimum Gasteiger partial charge on any atom is -0.378 e. The zero-order valence-electron chi connectivity index (χ0n) is 17.7. The quantitative estimate of drug-likeness (QED) is 0.768. The van der Waals surface area contributed by atoms with Gasteiger partial charge in [-0.15, -0.1) is 0 Å². The highest BCUT2D eigenvalue weighted by atomic mass is 16.5. The molecule has 2 heterocycles. The van der Waals surface area contributed by atoms with E-state index in [1.54, 1.807) is 6.07 Å². The number of aromatic nitrogens is 1. The van der Waals surface area contributed by atoms with Crippen LogP contribution >= 0.6 is 0 Å². The summed E-state index contributed by atoms with van der Waals surface area (Å²) in [6.07, 6.45) is 1.50. The number of carbonyl (C=O) groups is 1. The number of anilines is 1. The van der Waals surface area contributed by atoms with Gasteiger partial charge < -0.3 is 9.64 Å². The number of allylic oxidation sites excluding steroid dienone is 2. The van der Waals surface area contributed by atoms with Gasteiger partial charge in [-0.05, 0) is 47.4 Å². The van der Waals surface area contributed by atoms with Crippen molar-refractivity contribution in [2.24, 2.45) is 0 Å². The number of aryl methyl sites for hydroxylation is 1. The fraction of sp³-hybridized carbons (Fsp3) is 0.400. The molecule has 1 aromatic carbocycles. The van der Waals surface area contributed by atoms with Crippen LogP contribution in [0.25, 0.3) is 5.57 Å². The second-order valence-electron chi connectivity index (χ2n) is 8.77. The topological polar surface area (TPSA) is 66.2 Å². The van der Waals surface area contributed by atoms with Crippen LogP contribution in [0.15, 0.2) is 29.8 Å². The summed E-state index contributed by atoms with van der Waals surface area (Å²) in [5.41, 5.74) is 8.11. The maximum Gasteiger partial charge on any atom is 0.194 e.